The van der Waals surface area contributed by atoms with Gasteiger partial charge in [-0.05, 0) is 44.0 Å². The topological polar surface area (TPSA) is 41.6 Å². The number of imidazole rings is 1. The highest BCUT2D eigenvalue weighted by Gasteiger charge is 2.10. The van der Waals surface area contributed by atoms with Crippen LogP contribution in [-0.4, -0.2) is 15.0 Å². The molecule has 0 aliphatic carbocycles. The average molecular weight is 237 g/mol. The van der Waals surface area contributed by atoms with Gasteiger partial charge in [-0.2, -0.15) is 0 Å². The van der Waals surface area contributed by atoms with E-state index in [2.05, 4.69) is 47.0 Å². The fourth-order valence-corrected chi connectivity index (χ4v) is 2.29. The molecule has 0 unspecified atom stereocenters. The van der Waals surface area contributed by atoms with E-state index in [1.165, 1.54) is 16.7 Å². The van der Waals surface area contributed by atoms with E-state index < -0.39 is 0 Å². The van der Waals surface area contributed by atoms with Gasteiger partial charge in [-0.1, -0.05) is 18.2 Å². The van der Waals surface area contributed by atoms with Crippen molar-refractivity contribution in [1.82, 2.24) is 15.0 Å². The fraction of sp³-hybridized carbons (Fsp3) is 0.200. The lowest BCUT2D eigenvalue weighted by Gasteiger charge is -2.05. The SMILES string of the molecule is Cc1ccc2[nH]c(-c3c(C)cccc3C)nc2n1. The quantitative estimate of drug-likeness (QED) is 0.703. The number of aromatic amines is 1. The Morgan fingerprint density at radius 2 is 1.61 bits per heavy atom. The van der Waals surface area contributed by atoms with E-state index in [1.807, 2.05) is 19.1 Å². The van der Waals surface area contributed by atoms with E-state index in [1.54, 1.807) is 0 Å². The number of pyridine rings is 1. The molecule has 0 bridgehead atoms. The molecule has 3 aromatic rings. The molecule has 90 valence electrons. The number of aromatic nitrogens is 3. The molecule has 18 heavy (non-hydrogen) atoms. The van der Waals surface area contributed by atoms with E-state index in [4.69, 9.17) is 0 Å². The number of rotatable bonds is 1. The van der Waals surface area contributed by atoms with Gasteiger partial charge in [0.15, 0.2) is 5.65 Å². The zero-order valence-electron chi connectivity index (χ0n) is 10.8. The van der Waals surface area contributed by atoms with Crippen molar-refractivity contribution in [2.24, 2.45) is 0 Å². The van der Waals surface area contributed by atoms with Crippen LogP contribution in [0.1, 0.15) is 16.8 Å². The Morgan fingerprint density at radius 3 is 2.33 bits per heavy atom. The first-order chi connectivity index (χ1) is 8.65. The second kappa shape index (κ2) is 3.95. The Hall–Kier alpha value is -2.16. The highest BCUT2D eigenvalue weighted by molar-refractivity contribution is 5.77. The predicted octanol–water partition coefficient (Wildman–Crippen LogP) is 3.55. The zero-order chi connectivity index (χ0) is 12.7. The molecular formula is C15H15N3. The third kappa shape index (κ3) is 1.68. The fourth-order valence-electron chi connectivity index (χ4n) is 2.29. The maximum atomic E-state index is 4.60. The highest BCUT2D eigenvalue weighted by atomic mass is 15.0. The van der Waals surface area contributed by atoms with Gasteiger partial charge in [-0.25, -0.2) is 9.97 Å². The Balaban J connectivity index is 2.26. The summed E-state index contributed by atoms with van der Waals surface area (Å²) in [4.78, 5) is 12.4. The van der Waals surface area contributed by atoms with Crippen LogP contribution in [-0.2, 0) is 0 Å². The molecular weight excluding hydrogens is 222 g/mol. The van der Waals surface area contributed by atoms with E-state index in [0.717, 1.165) is 22.7 Å². The van der Waals surface area contributed by atoms with Crippen molar-refractivity contribution in [3.63, 3.8) is 0 Å². The van der Waals surface area contributed by atoms with Gasteiger partial charge >= 0.3 is 0 Å². The summed E-state index contributed by atoms with van der Waals surface area (Å²) in [7, 11) is 0. The third-order valence-corrected chi connectivity index (χ3v) is 3.20. The molecule has 2 aromatic heterocycles. The molecule has 1 N–H and O–H groups in total. The number of H-pyrrole nitrogens is 1. The first kappa shape index (κ1) is 11.0. The second-order valence-corrected chi connectivity index (χ2v) is 4.68. The number of nitrogens with zero attached hydrogens (tertiary/aromatic N) is 2. The van der Waals surface area contributed by atoms with Gasteiger partial charge in [-0.3, -0.25) is 0 Å². The number of hydrogen-bond donors (Lipinski definition) is 1. The van der Waals surface area contributed by atoms with Crippen LogP contribution in [0.15, 0.2) is 30.3 Å². The Labute approximate surface area is 106 Å². The molecule has 3 rings (SSSR count). The van der Waals surface area contributed by atoms with Crippen LogP contribution in [0.2, 0.25) is 0 Å². The summed E-state index contributed by atoms with van der Waals surface area (Å²) < 4.78 is 0. The van der Waals surface area contributed by atoms with Crippen molar-refractivity contribution in [3.05, 3.63) is 47.2 Å². The van der Waals surface area contributed by atoms with Crippen molar-refractivity contribution < 1.29 is 0 Å². The molecule has 3 heteroatoms. The average Bonchev–Trinajstić information content (AvgIpc) is 2.71. The van der Waals surface area contributed by atoms with Crippen LogP contribution in [0.5, 0.6) is 0 Å². The van der Waals surface area contributed by atoms with Gasteiger partial charge < -0.3 is 4.98 Å². The summed E-state index contributed by atoms with van der Waals surface area (Å²) in [6.45, 7) is 6.19. The lowest BCUT2D eigenvalue weighted by atomic mass is 10.0. The van der Waals surface area contributed by atoms with Crippen LogP contribution in [0, 0.1) is 20.8 Å². The summed E-state index contributed by atoms with van der Waals surface area (Å²) in [5.41, 5.74) is 6.39. The molecule has 0 fully saturated rings. The zero-order valence-corrected chi connectivity index (χ0v) is 10.8. The molecule has 0 saturated carbocycles. The van der Waals surface area contributed by atoms with E-state index in [-0.39, 0.29) is 0 Å². The van der Waals surface area contributed by atoms with Crippen molar-refractivity contribution in [2.45, 2.75) is 20.8 Å². The molecule has 0 atom stereocenters. The van der Waals surface area contributed by atoms with Gasteiger partial charge in [0.2, 0.25) is 0 Å². The summed E-state index contributed by atoms with van der Waals surface area (Å²) in [5, 5.41) is 0. The van der Waals surface area contributed by atoms with Gasteiger partial charge in [0, 0.05) is 11.3 Å². The molecule has 0 saturated heterocycles. The van der Waals surface area contributed by atoms with Crippen LogP contribution in [0.3, 0.4) is 0 Å². The number of aryl methyl sites for hydroxylation is 3. The summed E-state index contributed by atoms with van der Waals surface area (Å²) in [6.07, 6.45) is 0. The minimum Gasteiger partial charge on any atom is -0.337 e. The lowest BCUT2D eigenvalue weighted by molar-refractivity contribution is 1.22. The van der Waals surface area contributed by atoms with E-state index >= 15 is 0 Å². The highest BCUT2D eigenvalue weighted by Crippen LogP contribution is 2.26. The number of benzene rings is 1. The second-order valence-electron chi connectivity index (χ2n) is 4.68. The lowest BCUT2D eigenvalue weighted by Crippen LogP contribution is -1.89. The standard InChI is InChI=1S/C15H15N3/c1-9-5-4-6-10(2)13(9)15-17-12-8-7-11(3)16-14(12)18-15/h4-8H,1-3H3,(H,16,17,18). The third-order valence-electron chi connectivity index (χ3n) is 3.20. The summed E-state index contributed by atoms with van der Waals surface area (Å²) in [5.74, 6) is 0.902. The molecule has 0 radical (unpaired) electrons. The molecule has 0 spiro atoms. The van der Waals surface area contributed by atoms with Crippen molar-refractivity contribution >= 4 is 11.2 Å². The maximum absolute atomic E-state index is 4.60. The van der Waals surface area contributed by atoms with Gasteiger partial charge in [0.05, 0.1) is 5.52 Å². The van der Waals surface area contributed by atoms with Crippen molar-refractivity contribution in [3.8, 4) is 11.4 Å². The van der Waals surface area contributed by atoms with Gasteiger partial charge in [-0.15, -0.1) is 0 Å². The smallest absolute Gasteiger partial charge is 0.178 e. The minimum absolute atomic E-state index is 0.785. The molecule has 2 heterocycles. The van der Waals surface area contributed by atoms with E-state index in [0.29, 0.717) is 0 Å². The molecule has 1 aromatic carbocycles. The largest absolute Gasteiger partial charge is 0.337 e. The Morgan fingerprint density at radius 1 is 0.889 bits per heavy atom. The first-order valence-corrected chi connectivity index (χ1v) is 6.05. The maximum Gasteiger partial charge on any atom is 0.178 e. The van der Waals surface area contributed by atoms with E-state index in [9.17, 15) is 0 Å². The van der Waals surface area contributed by atoms with Crippen LogP contribution >= 0.6 is 0 Å². The number of hydrogen-bond acceptors (Lipinski definition) is 2. The van der Waals surface area contributed by atoms with Gasteiger partial charge in [0.1, 0.15) is 5.82 Å². The normalized spacial score (nSPS) is 11.1. The van der Waals surface area contributed by atoms with Crippen LogP contribution < -0.4 is 0 Å². The molecule has 3 nitrogen and oxygen atoms in total. The predicted molar refractivity (Wildman–Crippen MR) is 73.5 cm³/mol. The summed E-state index contributed by atoms with van der Waals surface area (Å²) >= 11 is 0. The van der Waals surface area contributed by atoms with Crippen LogP contribution in [0.4, 0.5) is 0 Å². The minimum atomic E-state index is 0.785. The van der Waals surface area contributed by atoms with Gasteiger partial charge in [0.25, 0.3) is 0 Å². The van der Waals surface area contributed by atoms with Crippen molar-refractivity contribution in [2.75, 3.05) is 0 Å². The molecule has 0 aliphatic heterocycles. The van der Waals surface area contributed by atoms with Crippen LogP contribution in [0.25, 0.3) is 22.6 Å². The first-order valence-electron chi connectivity index (χ1n) is 6.05. The monoisotopic (exact) mass is 237 g/mol. The summed E-state index contributed by atoms with van der Waals surface area (Å²) in [6, 6.07) is 10.3. The molecule has 0 amide bonds. The van der Waals surface area contributed by atoms with Crippen molar-refractivity contribution in [1.29, 1.82) is 0 Å². The molecule has 0 aliphatic rings. The Kier molecular flexibility index (Phi) is 2.40. The number of nitrogens with one attached hydrogen (secondary N) is 1. The Bertz CT molecular complexity index is 705. The number of fused-ring (bicyclic) bond motifs is 1.